The largest absolute Gasteiger partial charge is 0.325 e. The molecule has 0 radical (unpaired) electrons. The van der Waals surface area contributed by atoms with Crippen LogP contribution in [-0.4, -0.2) is 41.6 Å². The van der Waals surface area contributed by atoms with Gasteiger partial charge in [0.2, 0.25) is 5.91 Å². The van der Waals surface area contributed by atoms with Crippen LogP contribution in [0, 0.1) is 0 Å². The predicted octanol–water partition coefficient (Wildman–Crippen LogP) is 2.08. The van der Waals surface area contributed by atoms with Crippen LogP contribution in [0.1, 0.15) is 39.5 Å². The smallest absolute Gasteiger partial charge is 0.241 e. The number of nitrogens with one attached hydrogen (secondary N) is 1. The lowest BCUT2D eigenvalue weighted by molar-refractivity contribution is -0.129. The van der Waals surface area contributed by atoms with Gasteiger partial charge in [0, 0.05) is 12.3 Å². The molecule has 1 rings (SSSR count). The Morgan fingerprint density at radius 3 is 2.56 bits per heavy atom. The fraction of sp³-hybridized carbons (Fsp3) is 0.917. The molecule has 0 saturated carbocycles. The molecule has 16 heavy (non-hydrogen) atoms. The van der Waals surface area contributed by atoms with E-state index in [1.807, 2.05) is 4.90 Å². The Kier molecular flexibility index (Phi) is 6.21. The van der Waals surface area contributed by atoms with Crippen molar-refractivity contribution in [2.45, 2.75) is 51.7 Å². The summed E-state index contributed by atoms with van der Waals surface area (Å²) in [6.07, 6.45) is 6.60. The van der Waals surface area contributed by atoms with Crippen molar-refractivity contribution in [3.63, 3.8) is 0 Å². The van der Waals surface area contributed by atoms with Crippen molar-refractivity contribution in [2.75, 3.05) is 18.6 Å². The van der Waals surface area contributed by atoms with Gasteiger partial charge in [-0.2, -0.15) is 11.8 Å². The molecule has 1 heterocycles. The third kappa shape index (κ3) is 3.39. The zero-order valence-electron chi connectivity index (χ0n) is 10.7. The van der Waals surface area contributed by atoms with Crippen LogP contribution in [0.25, 0.3) is 0 Å². The van der Waals surface area contributed by atoms with Gasteiger partial charge in [-0.05, 0) is 19.1 Å². The molecule has 4 heteroatoms. The van der Waals surface area contributed by atoms with Crippen molar-refractivity contribution in [1.29, 1.82) is 0 Å². The second-order valence-electron chi connectivity index (χ2n) is 4.34. The van der Waals surface area contributed by atoms with E-state index >= 15 is 0 Å². The molecule has 1 aliphatic rings. The number of rotatable bonds is 7. The Morgan fingerprint density at radius 1 is 1.31 bits per heavy atom. The monoisotopic (exact) mass is 244 g/mol. The highest BCUT2D eigenvalue weighted by Crippen LogP contribution is 2.18. The summed E-state index contributed by atoms with van der Waals surface area (Å²) in [6.45, 7) is 5.19. The molecule has 1 amide bonds. The van der Waals surface area contributed by atoms with Crippen LogP contribution in [0.2, 0.25) is 0 Å². The SMILES string of the molecule is CCCC1NC(CCC)N(CCSC)C1=O. The van der Waals surface area contributed by atoms with Crippen molar-refractivity contribution >= 4 is 17.7 Å². The van der Waals surface area contributed by atoms with E-state index in [1.54, 1.807) is 11.8 Å². The summed E-state index contributed by atoms with van der Waals surface area (Å²) in [7, 11) is 0. The molecule has 0 spiro atoms. The molecule has 94 valence electrons. The first kappa shape index (κ1) is 13.8. The zero-order valence-corrected chi connectivity index (χ0v) is 11.5. The Bertz CT molecular complexity index is 223. The molecule has 1 fully saturated rings. The van der Waals surface area contributed by atoms with Crippen LogP contribution in [0.5, 0.6) is 0 Å². The minimum Gasteiger partial charge on any atom is -0.325 e. The fourth-order valence-electron chi connectivity index (χ4n) is 2.21. The average molecular weight is 244 g/mol. The molecule has 1 aliphatic heterocycles. The number of thioether (sulfide) groups is 1. The van der Waals surface area contributed by atoms with E-state index in [4.69, 9.17) is 0 Å². The third-order valence-corrected chi connectivity index (χ3v) is 3.62. The van der Waals surface area contributed by atoms with Crippen LogP contribution in [0.15, 0.2) is 0 Å². The first-order valence-electron chi connectivity index (χ1n) is 6.30. The predicted molar refractivity (Wildman–Crippen MR) is 70.6 cm³/mol. The molecule has 2 atom stereocenters. The lowest BCUT2D eigenvalue weighted by Gasteiger charge is -2.23. The first-order chi connectivity index (χ1) is 7.74. The highest BCUT2D eigenvalue weighted by atomic mass is 32.2. The van der Waals surface area contributed by atoms with Gasteiger partial charge >= 0.3 is 0 Å². The lowest BCUT2D eigenvalue weighted by Crippen LogP contribution is -2.38. The molecule has 1 saturated heterocycles. The highest BCUT2D eigenvalue weighted by Gasteiger charge is 2.36. The van der Waals surface area contributed by atoms with Crippen LogP contribution < -0.4 is 5.32 Å². The molecule has 0 aliphatic carbocycles. The van der Waals surface area contributed by atoms with Gasteiger partial charge in [0.25, 0.3) is 0 Å². The minimum absolute atomic E-state index is 0.0726. The lowest BCUT2D eigenvalue weighted by atomic mass is 10.2. The van der Waals surface area contributed by atoms with Crippen LogP contribution >= 0.6 is 11.8 Å². The summed E-state index contributed by atoms with van der Waals surface area (Å²) < 4.78 is 0. The Labute approximate surface area is 103 Å². The van der Waals surface area contributed by atoms with E-state index in [2.05, 4.69) is 25.4 Å². The van der Waals surface area contributed by atoms with Crippen molar-refractivity contribution in [2.24, 2.45) is 0 Å². The van der Waals surface area contributed by atoms with E-state index in [0.29, 0.717) is 5.91 Å². The van der Waals surface area contributed by atoms with Crippen LogP contribution in [0.4, 0.5) is 0 Å². The van der Waals surface area contributed by atoms with E-state index in [-0.39, 0.29) is 12.2 Å². The molecular formula is C12H24N2OS. The van der Waals surface area contributed by atoms with E-state index in [9.17, 15) is 4.79 Å². The molecule has 0 aromatic rings. The van der Waals surface area contributed by atoms with Gasteiger partial charge in [-0.25, -0.2) is 0 Å². The van der Waals surface area contributed by atoms with Gasteiger partial charge < -0.3 is 4.90 Å². The number of carbonyl (C=O) groups is 1. The van der Waals surface area contributed by atoms with Gasteiger partial charge in [-0.3, -0.25) is 10.1 Å². The van der Waals surface area contributed by atoms with Crippen LogP contribution in [0.3, 0.4) is 0 Å². The average Bonchev–Trinajstić information content (AvgIpc) is 2.55. The van der Waals surface area contributed by atoms with Gasteiger partial charge in [-0.1, -0.05) is 26.7 Å². The van der Waals surface area contributed by atoms with Crippen molar-refractivity contribution in [3.8, 4) is 0 Å². The third-order valence-electron chi connectivity index (χ3n) is 3.03. The number of carbonyl (C=O) groups excluding carboxylic acids is 1. The molecule has 0 bridgehead atoms. The maximum absolute atomic E-state index is 12.1. The topological polar surface area (TPSA) is 32.3 Å². The normalized spacial score (nSPS) is 25.4. The molecule has 0 aromatic heterocycles. The fourth-order valence-corrected chi connectivity index (χ4v) is 2.59. The number of nitrogens with zero attached hydrogens (tertiary/aromatic N) is 1. The Hall–Kier alpha value is -0.220. The number of amides is 1. The molecular weight excluding hydrogens is 220 g/mol. The second kappa shape index (κ2) is 7.17. The van der Waals surface area contributed by atoms with Crippen LogP contribution in [-0.2, 0) is 4.79 Å². The zero-order chi connectivity index (χ0) is 12.0. The maximum Gasteiger partial charge on any atom is 0.241 e. The maximum atomic E-state index is 12.1. The molecule has 3 nitrogen and oxygen atoms in total. The van der Waals surface area contributed by atoms with Crippen molar-refractivity contribution in [3.05, 3.63) is 0 Å². The minimum atomic E-state index is 0.0726. The standard InChI is InChI=1S/C12H24N2OS/c1-4-6-10-12(15)14(8-9-16-3)11(13-10)7-5-2/h10-11,13H,4-9H2,1-3H3. The Balaban J connectivity index is 2.57. The molecule has 0 aromatic carbocycles. The van der Waals surface area contributed by atoms with Gasteiger partial charge in [-0.15, -0.1) is 0 Å². The number of hydrogen-bond donors (Lipinski definition) is 1. The summed E-state index contributed by atoms with van der Waals surface area (Å²) in [5.74, 6) is 1.35. The first-order valence-corrected chi connectivity index (χ1v) is 7.69. The summed E-state index contributed by atoms with van der Waals surface area (Å²) in [5, 5.41) is 3.47. The summed E-state index contributed by atoms with van der Waals surface area (Å²) in [5.41, 5.74) is 0. The van der Waals surface area contributed by atoms with E-state index in [1.165, 1.54) is 0 Å². The summed E-state index contributed by atoms with van der Waals surface area (Å²) >= 11 is 1.80. The van der Waals surface area contributed by atoms with Crippen molar-refractivity contribution < 1.29 is 4.79 Å². The Morgan fingerprint density at radius 2 is 2.00 bits per heavy atom. The molecule has 1 N–H and O–H groups in total. The van der Waals surface area contributed by atoms with E-state index in [0.717, 1.165) is 38.0 Å². The second-order valence-corrected chi connectivity index (χ2v) is 5.32. The van der Waals surface area contributed by atoms with Gasteiger partial charge in [0.05, 0.1) is 12.2 Å². The van der Waals surface area contributed by atoms with E-state index < -0.39 is 0 Å². The van der Waals surface area contributed by atoms with Gasteiger partial charge in [0.1, 0.15) is 0 Å². The molecule has 2 unspecified atom stereocenters. The summed E-state index contributed by atoms with van der Waals surface area (Å²) in [6, 6.07) is 0.0726. The summed E-state index contributed by atoms with van der Waals surface area (Å²) in [4.78, 5) is 14.2. The number of hydrogen-bond acceptors (Lipinski definition) is 3. The quantitative estimate of drug-likeness (QED) is 0.744. The van der Waals surface area contributed by atoms with Gasteiger partial charge in [0.15, 0.2) is 0 Å². The highest BCUT2D eigenvalue weighted by molar-refractivity contribution is 7.98. The van der Waals surface area contributed by atoms with Crippen molar-refractivity contribution in [1.82, 2.24) is 10.2 Å².